The topological polar surface area (TPSA) is 108 Å². The molecule has 1 N–H and O–H groups in total. The summed E-state index contributed by atoms with van der Waals surface area (Å²) in [7, 11) is 1.31. The van der Waals surface area contributed by atoms with Crippen molar-refractivity contribution in [2.45, 2.75) is 25.9 Å². The maximum absolute atomic E-state index is 13.2. The van der Waals surface area contributed by atoms with Gasteiger partial charge in [0.05, 0.1) is 23.8 Å². The number of hydrogen-bond donors (Lipinski definition) is 1. The summed E-state index contributed by atoms with van der Waals surface area (Å²) >= 11 is 1.32. The third-order valence-electron chi connectivity index (χ3n) is 6.86. The Morgan fingerprint density at radius 2 is 1.65 bits per heavy atom. The molecular weight excluding hydrogens is 528 g/mol. The van der Waals surface area contributed by atoms with Crippen LogP contribution >= 0.6 is 11.3 Å². The minimum absolute atomic E-state index is 0.215. The van der Waals surface area contributed by atoms with Gasteiger partial charge in [0.2, 0.25) is 5.89 Å². The normalized spacial score (nSPS) is 12.8. The third kappa shape index (κ3) is 4.54. The molecule has 0 aliphatic heterocycles. The predicted octanol–water partition coefficient (Wildman–Crippen LogP) is 6.29. The molecule has 9 heteroatoms. The van der Waals surface area contributed by atoms with Gasteiger partial charge in [-0.3, -0.25) is 4.79 Å². The van der Waals surface area contributed by atoms with E-state index in [-0.39, 0.29) is 11.5 Å². The molecule has 1 amide bonds. The van der Waals surface area contributed by atoms with Crippen molar-refractivity contribution in [1.82, 2.24) is 4.98 Å². The Hall–Kier alpha value is -4.76. The maximum atomic E-state index is 13.2. The van der Waals surface area contributed by atoms with Gasteiger partial charge in [-0.15, -0.1) is 11.3 Å². The average molecular weight is 553 g/mol. The van der Waals surface area contributed by atoms with Crippen LogP contribution in [0.2, 0.25) is 0 Å². The molecule has 1 atom stereocenters. The van der Waals surface area contributed by atoms with E-state index >= 15 is 0 Å². The number of rotatable bonds is 6. The fourth-order valence-electron chi connectivity index (χ4n) is 4.87. The largest absolute Gasteiger partial charge is 0.465 e. The number of oxazole rings is 1. The number of fused-ring (bicyclic) bond motifs is 4. The molecule has 0 saturated heterocycles. The zero-order chi connectivity index (χ0) is 27.8. The molecule has 2 heterocycles. The van der Waals surface area contributed by atoms with E-state index in [9.17, 15) is 14.4 Å². The molecule has 0 spiro atoms. The number of anilines is 1. The van der Waals surface area contributed by atoms with Crippen molar-refractivity contribution in [3.8, 4) is 21.9 Å². The standard InChI is InChI=1S/C31H24N2O6S/c1-17(38-30(35)21-12-6-5-11-20(21)28-32-23-13-7-8-14-24(23)39-28)27(34)33-29-25(31(36)37-2)22-16-15-18-9-3-4-10-19(18)26(22)40-29/h3-14,17H,15-16H2,1-2H3,(H,33,34). The van der Waals surface area contributed by atoms with Crippen molar-refractivity contribution in [1.29, 1.82) is 0 Å². The number of para-hydroxylation sites is 2. The van der Waals surface area contributed by atoms with Gasteiger partial charge in [0.25, 0.3) is 5.91 Å². The highest BCUT2D eigenvalue weighted by Crippen LogP contribution is 2.45. The third-order valence-corrected chi connectivity index (χ3v) is 8.04. The smallest absolute Gasteiger partial charge is 0.341 e. The first-order chi connectivity index (χ1) is 19.4. The van der Waals surface area contributed by atoms with Gasteiger partial charge in [-0.2, -0.15) is 0 Å². The average Bonchev–Trinajstić information content (AvgIpc) is 3.58. The second-order valence-electron chi connectivity index (χ2n) is 9.33. The molecule has 6 rings (SSSR count). The molecule has 1 unspecified atom stereocenters. The Morgan fingerprint density at radius 1 is 0.925 bits per heavy atom. The number of methoxy groups -OCH3 is 1. The number of benzene rings is 3. The summed E-state index contributed by atoms with van der Waals surface area (Å²) in [6.45, 7) is 1.48. The van der Waals surface area contributed by atoms with E-state index in [1.54, 1.807) is 30.3 Å². The fraction of sp³-hybridized carbons (Fsp3) is 0.161. The number of ether oxygens (including phenoxy) is 2. The molecule has 1 aliphatic rings. The van der Waals surface area contributed by atoms with E-state index in [0.717, 1.165) is 22.4 Å². The van der Waals surface area contributed by atoms with Crippen LogP contribution < -0.4 is 5.32 Å². The van der Waals surface area contributed by atoms with Gasteiger partial charge in [-0.1, -0.05) is 48.5 Å². The van der Waals surface area contributed by atoms with Crippen LogP contribution in [0.5, 0.6) is 0 Å². The number of hydrogen-bond acceptors (Lipinski definition) is 8. The molecule has 0 radical (unpaired) electrons. The number of carbonyl (C=O) groups is 3. The molecule has 0 fully saturated rings. The van der Waals surface area contributed by atoms with Crippen molar-refractivity contribution in [3.05, 3.63) is 95.1 Å². The second kappa shape index (κ2) is 10.4. The van der Waals surface area contributed by atoms with Crippen molar-refractivity contribution in [2.75, 3.05) is 12.4 Å². The van der Waals surface area contributed by atoms with Crippen LogP contribution in [0.4, 0.5) is 5.00 Å². The van der Waals surface area contributed by atoms with Gasteiger partial charge < -0.3 is 19.2 Å². The van der Waals surface area contributed by atoms with Gasteiger partial charge in [0.15, 0.2) is 11.7 Å². The highest BCUT2D eigenvalue weighted by Gasteiger charge is 2.31. The van der Waals surface area contributed by atoms with Gasteiger partial charge >= 0.3 is 11.9 Å². The SMILES string of the molecule is COC(=O)c1c(NC(=O)C(C)OC(=O)c2ccccc2-c2nc3ccccc3o2)sc2c1CCc1ccccc1-2. The predicted molar refractivity (Wildman–Crippen MR) is 151 cm³/mol. The van der Waals surface area contributed by atoms with Gasteiger partial charge in [-0.05, 0) is 60.7 Å². The quantitative estimate of drug-likeness (QED) is 0.247. The van der Waals surface area contributed by atoms with Crippen LogP contribution in [0.25, 0.3) is 33.0 Å². The van der Waals surface area contributed by atoms with Crippen molar-refractivity contribution in [2.24, 2.45) is 0 Å². The molecule has 2 aromatic heterocycles. The number of aromatic nitrogens is 1. The van der Waals surface area contributed by atoms with Gasteiger partial charge in [0.1, 0.15) is 10.5 Å². The summed E-state index contributed by atoms with van der Waals surface area (Å²) in [6, 6.07) is 22.1. The van der Waals surface area contributed by atoms with E-state index < -0.39 is 23.9 Å². The molecule has 5 aromatic rings. The van der Waals surface area contributed by atoms with Crippen molar-refractivity contribution >= 4 is 45.3 Å². The van der Waals surface area contributed by atoms with E-state index in [1.807, 2.05) is 36.4 Å². The lowest BCUT2D eigenvalue weighted by Crippen LogP contribution is -2.30. The van der Waals surface area contributed by atoms with E-state index in [4.69, 9.17) is 13.9 Å². The zero-order valence-corrected chi connectivity index (χ0v) is 22.5. The Kier molecular flexibility index (Phi) is 6.65. The fourth-order valence-corrected chi connectivity index (χ4v) is 6.17. The van der Waals surface area contributed by atoms with Crippen LogP contribution in [0.3, 0.4) is 0 Å². The summed E-state index contributed by atoms with van der Waals surface area (Å²) in [5.41, 5.74) is 5.33. The minimum Gasteiger partial charge on any atom is -0.465 e. The number of nitrogens with zero attached hydrogens (tertiary/aromatic N) is 1. The van der Waals surface area contributed by atoms with Crippen LogP contribution in [-0.4, -0.2) is 36.0 Å². The Balaban J connectivity index is 1.24. The highest BCUT2D eigenvalue weighted by molar-refractivity contribution is 7.20. The first kappa shape index (κ1) is 25.5. The monoisotopic (exact) mass is 552 g/mol. The summed E-state index contributed by atoms with van der Waals surface area (Å²) in [5, 5.41) is 3.17. The second-order valence-corrected chi connectivity index (χ2v) is 10.4. The molecule has 3 aromatic carbocycles. The van der Waals surface area contributed by atoms with Crippen molar-refractivity contribution < 1.29 is 28.3 Å². The Morgan fingerprint density at radius 3 is 2.45 bits per heavy atom. The van der Waals surface area contributed by atoms with Crippen LogP contribution in [0.15, 0.2) is 77.2 Å². The Labute approximate surface area is 233 Å². The number of nitrogens with one attached hydrogen (secondary N) is 1. The van der Waals surface area contributed by atoms with Gasteiger partial charge in [-0.25, -0.2) is 14.6 Å². The molecular formula is C31H24N2O6S. The molecule has 200 valence electrons. The number of esters is 2. The van der Waals surface area contributed by atoms with E-state index in [0.29, 0.717) is 33.6 Å². The van der Waals surface area contributed by atoms with Gasteiger partial charge in [0, 0.05) is 4.88 Å². The summed E-state index contributed by atoms with van der Waals surface area (Å²) in [6.07, 6.45) is 0.284. The summed E-state index contributed by atoms with van der Waals surface area (Å²) in [4.78, 5) is 44.6. The lowest BCUT2D eigenvalue weighted by Gasteiger charge is -2.16. The van der Waals surface area contributed by atoms with Crippen LogP contribution in [-0.2, 0) is 27.1 Å². The molecule has 0 bridgehead atoms. The first-order valence-electron chi connectivity index (χ1n) is 12.7. The minimum atomic E-state index is -1.15. The Bertz CT molecular complexity index is 1750. The number of aryl methyl sites for hydroxylation is 1. The van der Waals surface area contributed by atoms with Crippen LogP contribution in [0, 0.1) is 0 Å². The maximum Gasteiger partial charge on any atom is 0.341 e. The number of amides is 1. The summed E-state index contributed by atoms with van der Waals surface area (Å²) < 4.78 is 16.5. The molecule has 0 saturated carbocycles. The first-order valence-corrected chi connectivity index (χ1v) is 13.5. The van der Waals surface area contributed by atoms with E-state index in [2.05, 4.69) is 16.4 Å². The highest BCUT2D eigenvalue weighted by atomic mass is 32.1. The lowest BCUT2D eigenvalue weighted by atomic mass is 9.89. The molecule has 40 heavy (non-hydrogen) atoms. The van der Waals surface area contributed by atoms with E-state index in [1.165, 1.54) is 30.9 Å². The lowest BCUT2D eigenvalue weighted by molar-refractivity contribution is -0.123. The number of carbonyl (C=O) groups excluding carboxylic acids is 3. The van der Waals surface area contributed by atoms with Crippen molar-refractivity contribution in [3.63, 3.8) is 0 Å². The number of thiophene rings is 1. The van der Waals surface area contributed by atoms with Crippen LogP contribution in [0.1, 0.15) is 38.8 Å². The molecule has 8 nitrogen and oxygen atoms in total. The zero-order valence-electron chi connectivity index (χ0n) is 21.7. The molecule has 1 aliphatic carbocycles. The summed E-state index contributed by atoms with van der Waals surface area (Å²) in [5.74, 6) is -1.51.